The largest absolute Gasteiger partial charge is 0.491 e. The van der Waals surface area contributed by atoms with E-state index in [0.717, 1.165) is 11.4 Å². The summed E-state index contributed by atoms with van der Waals surface area (Å²) in [6.45, 7) is 3.83. The van der Waals surface area contributed by atoms with Crippen LogP contribution in [0.25, 0.3) is 0 Å². The van der Waals surface area contributed by atoms with Crippen molar-refractivity contribution in [2.45, 2.75) is 31.3 Å². The maximum atomic E-state index is 12.6. The standard InChI is InChI=1S/C21H21ClN4O3S/c1-13-8-14(2)24-21(23-13)30-12-17-9-18(27)19(29-3)10-26(17)11-20(28)25-16-6-4-15(22)5-7-16/h4-10H,11-12H2,1-3H3,(H,25,28). The van der Waals surface area contributed by atoms with E-state index in [4.69, 9.17) is 16.3 Å². The average molecular weight is 445 g/mol. The number of methoxy groups -OCH3 is 1. The third-order valence-corrected chi connectivity index (χ3v) is 5.29. The minimum absolute atomic E-state index is 0.0167. The maximum absolute atomic E-state index is 12.6. The molecule has 0 unspecified atom stereocenters. The summed E-state index contributed by atoms with van der Waals surface area (Å²) < 4.78 is 6.83. The van der Waals surface area contributed by atoms with Crippen molar-refractivity contribution in [1.82, 2.24) is 14.5 Å². The molecule has 1 N–H and O–H groups in total. The third-order valence-electron chi connectivity index (χ3n) is 4.16. The average Bonchev–Trinajstić information content (AvgIpc) is 2.69. The number of nitrogens with one attached hydrogen (secondary N) is 1. The van der Waals surface area contributed by atoms with Crippen molar-refractivity contribution in [2.24, 2.45) is 0 Å². The molecule has 0 bridgehead atoms. The monoisotopic (exact) mass is 444 g/mol. The van der Waals surface area contributed by atoms with Crippen molar-refractivity contribution < 1.29 is 9.53 Å². The normalized spacial score (nSPS) is 10.7. The molecule has 0 saturated heterocycles. The molecular weight excluding hydrogens is 424 g/mol. The number of hydrogen-bond donors (Lipinski definition) is 1. The quantitative estimate of drug-likeness (QED) is 0.440. The van der Waals surface area contributed by atoms with E-state index in [0.29, 0.717) is 27.3 Å². The number of amides is 1. The van der Waals surface area contributed by atoms with Crippen LogP contribution in [0.1, 0.15) is 17.1 Å². The zero-order valence-electron chi connectivity index (χ0n) is 16.8. The summed E-state index contributed by atoms with van der Waals surface area (Å²) in [5.41, 5.74) is 2.81. The van der Waals surface area contributed by atoms with Crippen molar-refractivity contribution in [2.75, 3.05) is 12.4 Å². The van der Waals surface area contributed by atoms with Gasteiger partial charge >= 0.3 is 0 Å². The van der Waals surface area contributed by atoms with Crippen molar-refractivity contribution in [1.29, 1.82) is 0 Å². The van der Waals surface area contributed by atoms with Gasteiger partial charge in [-0.1, -0.05) is 23.4 Å². The van der Waals surface area contributed by atoms with Gasteiger partial charge < -0.3 is 14.6 Å². The highest BCUT2D eigenvalue weighted by atomic mass is 35.5. The van der Waals surface area contributed by atoms with Crippen molar-refractivity contribution >= 4 is 35.0 Å². The fourth-order valence-corrected chi connectivity index (χ4v) is 3.87. The van der Waals surface area contributed by atoms with Crippen LogP contribution in [-0.4, -0.2) is 27.6 Å². The molecular formula is C21H21ClN4O3S. The second-order valence-corrected chi connectivity index (χ2v) is 7.98. The first-order chi connectivity index (χ1) is 14.3. The van der Waals surface area contributed by atoms with Crippen LogP contribution in [0.4, 0.5) is 5.69 Å². The van der Waals surface area contributed by atoms with Crippen LogP contribution in [0.3, 0.4) is 0 Å². The number of carbonyl (C=O) groups is 1. The van der Waals surface area contributed by atoms with Crippen LogP contribution in [0.5, 0.6) is 5.75 Å². The number of aryl methyl sites for hydroxylation is 2. The summed E-state index contributed by atoms with van der Waals surface area (Å²) in [7, 11) is 1.42. The van der Waals surface area contributed by atoms with Gasteiger partial charge in [-0.2, -0.15) is 0 Å². The molecule has 0 aliphatic carbocycles. The Hall–Kier alpha value is -2.84. The van der Waals surface area contributed by atoms with E-state index in [1.165, 1.54) is 24.9 Å². The number of thioether (sulfide) groups is 1. The molecule has 7 nitrogen and oxygen atoms in total. The Morgan fingerprint density at radius 2 is 1.83 bits per heavy atom. The van der Waals surface area contributed by atoms with Gasteiger partial charge in [-0.3, -0.25) is 9.59 Å². The molecule has 156 valence electrons. The SMILES string of the molecule is COc1cn(CC(=O)Nc2ccc(Cl)cc2)c(CSc2nc(C)cc(C)n2)cc1=O. The highest BCUT2D eigenvalue weighted by Crippen LogP contribution is 2.21. The molecule has 3 rings (SSSR count). The summed E-state index contributed by atoms with van der Waals surface area (Å²) in [6, 6.07) is 10.2. The van der Waals surface area contributed by atoms with Crippen molar-refractivity contribution in [3.8, 4) is 5.75 Å². The Labute approximate surface area is 183 Å². The van der Waals surface area contributed by atoms with Gasteiger partial charge in [0.2, 0.25) is 11.3 Å². The van der Waals surface area contributed by atoms with Gasteiger partial charge in [-0.25, -0.2) is 9.97 Å². The molecule has 0 atom stereocenters. The van der Waals surface area contributed by atoms with E-state index in [2.05, 4.69) is 15.3 Å². The summed E-state index contributed by atoms with van der Waals surface area (Å²) >= 11 is 7.28. The molecule has 30 heavy (non-hydrogen) atoms. The number of benzene rings is 1. The van der Waals surface area contributed by atoms with E-state index in [9.17, 15) is 9.59 Å². The topological polar surface area (TPSA) is 86.1 Å². The molecule has 0 aliphatic rings. The Bertz CT molecular complexity index is 1100. The van der Waals surface area contributed by atoms with Gasteiger partial charge in [0.1, 0.15) is 6.54 Å². The molecule has 0 radical (unpaired) electrons. The van der Waals surface area contributed by atoms with E-state index in [1.807, 2.05) is 19.9 Å². The van der Waals surface area contributed by atoms with E-state index >= 15 is 0 Å². The van der Waals surface area contributed by atoms with Crippen LogP contribution in [0, 0.1) is 13.8 Å². The molecule has 0 spiro atoms. The number of carbonyl (C=O) groups excluding carboxylic acids is 1. The predicted molar refractivity (Wildman–Crippen MR) is 118 cm³/mol. The van der Waals surface area contributed by atoms with Gasteiger partial charge in [0.15, 0.2) is 10.9 Å². The Morgan fingerprint density at radius 3 is 2.47 bits per heavy atom. The zero-order chi connectivity index (χ0) is 21.7. The second-order valence-electron chi connectivity index (χ2n) is 6.60. The number of nitrogens with zero attached hydrogens (tertiary/aromatic N) is 3. The van der Waals surface area contributed by atoms with E-state index in [1.54, 1.807) is 35.0 Å². The predicted octanol–water partition coefficient (Wildman–Crippen LogP) is 3.85. The van der Waals surface area contributed by atoms with Gasteiger partial charge in [-0.05, 0) is 44.2 Å². The minimum atomic E-state index is -0.246. The first-order valence-electron chi connectivity index (χ1n) is 9.12. The summed E-state index contributed by atoms with van der Waals surface area (Å²) in [5, 5.41) is 4.02. The molecule has 3 aromatic rings. The molecule has 0 saturated carbocycles. The number of halogens is 1. The number of ether oxygens (including phenoxy) is 1. The number of rotatable bonds is 7. The molecule has 1 aromatic carbocycles. The van der Waals surface area contributed by atoms with Crippen LogP contribution < -0.4 is 15.5 Å². The van der Waals surface area contributed by atoms with Gasteiger partial charge in [0, 0.05) is 39.6 Å². The van der Waals surface area contributed by atoms with E-state index in [-0.39, 0.29) is 23.6 Å². The Kier molecular flexibility index (Phi) is 7.12. The summed E-state index contributed by atoms with van der Waals surface area (Å²) in [4.78, 5) is 33.6. The number of anilines is 1. The van der Waals surface area contributed by atoms with Gasteiger partial charge in [0.05, 0.1) is 13.3 Å². The summed E-state index contributed by atoms with van der Waals surface area (Å²) in [6.07, 6.45) is 1.54. The van der Waals surface area contributed by atoms with Crippen LogP contribution in [0.2, 0.25) is 5.02 Å². The van der Waals surface area contributed by atoms with Crippen LogP contribution >= 0.6 is 23.4 Å². The highest BCUT2D eigenvalue weighted by Gasteiger charge is 2.12. The molecule has 0 aliphatic heterocycles. The molecule has 0 fully saturated rings. The molecule has 1 amide bonds. The van der Waals surface area contributed by atoms with Crippen molar-refractivity contribution in [3.05, 3.63) is 74.9 Å². The summed E-state index contributed by atoms with van der Waals surface area (Å²) in [5.74, 6) is 0.360. The lowest BCUT2D eigenvalue weighted by molar-refractivity contribution is -0.116. The zero-order valence-corrected chi connectivity index (χ0v) is 18.4. The lowest BCUT2D eigenvalue weighted by Crippen LogP contribution is -2.22. The number of aromatic nitrogens is 3. The van der Waals surface area contributed by atoms with Gasteiger partial charge in [-0.15, -0.1) is 0 Å². The lowest BCUT2D eigenvalue weighted by atomic mass is 10.3. The second kappa shape index (κ2) is 9.77. The maximum Gasteiger partial charge on any atom is 0.244 e. The molecule has 9 heteroatoms. The van der Waals surface area contributed by atoms with Gasteiger partial charge in [0.25, 0.3) is 0 Å². The Morgan fingerprint density at radius 1 is 1.17 bits per heavy atom. The number of hydrogen-bond acceptors (Lipinski definition) is 6. The first-order valence-corrected chi connectivity index (χ1v) is 10.5. The fourth-order valence-electron chi connectivity index (χ4n) is 2.80. The fraction of sp³-hybridized carbons (Fsp3) is 0.238. The minimum Gasteiger partial charge on any atom is -0.491 e. The number of pyridine rings is 1. The van der Waals surface area contributed by atoms with Crippen LogP contribution in [0.15, 0.2) is 52.5 Å². The van der Waals surface area contributed by atoms with Crippen LogP contribution in [-0.2, 0) is 17.1 Å². The van der Waals surface area contributed by atoms with Crippen molar-refractivity contribution in [3.63, 3.8) is 0 Å². The first kappa shape index (κ1) is 21.9. The molecule has 2 aromatic heterocycles. The highest BCUT2D eigenvalue weighted by molar-refractivity contribution is 7.98. The third kappa shape index (κ3) is 5.84. The van der Waals surface area contributed by atoms with E-state index < -0.39 is 0 Å². The Balaban J connectivity index is 1.80. The molecule has 2 heterocycles. The lowest BCUT2D eigenvalue weighted by Gasteiger charge is -2.15. The smallest absolute Gasteiger partial charge is 0.244 e.